The molecule has 0 saturated heterocycles. The zero-order chi connectivity index (χ0) is 14.5. The van der Waals surface area contributed by atoms with Crippen molar-refractivity contribution in [1.82, 2.24) is 0 Å². The summed E-state index contributed by atoms with van der Waals surface area (Å²) in [4.78, 5) is 21.8. The van der Waals surface area contributed by atoms with E-state index < -0.39 is 0 Å². The molecular weight excluding hydrogens is 248 g/mol. The Morgan fingerprint density at radius 3 is 1.63 bits per heavy atom. The topological polar surface area (TPSA) is 72.8 Å². The molecular formula is C14H26O5. The zero-order valence-corrected chi connectivity index (χ0v) is 12.0. The molecule has 112 valence electrons. The summed E-state index contributed by atoms with van der Waals surface area (Å²) >= 11 is 0. The highest BCUT2D eigenvalue weighted by Gasteiger charge is 2.09. The molecule has 0 amide bonds. The van der Waals surface area contributed by atoms with E-state index in [9.17, 15) is 14.7 Å². The molecule has 5 nitrogen and oxygen atoms in total. The van der Waals surface area contributed by atoms with Crippen LogP contribution in [0.4, 0.5) is 0 Å². The van der Waals surface area contributed by atoms with Crippen LogP contribution in [-0.2, 0) is 19.1 Å². The van der Waals surface area contributed by atoms with E-state index in [0.29, 0.717) is 12.8 Å². The van der Waals surface area contributed by atoms with Crippen molar-refractivity contribution in [1.29, 1.82) is 0 Å². The highest BCUT2D eigenvalue weighted by atomic mass is 16.5. The molecule has 0 aliphatic heterocycles. The Labute approximate surface area is 115 Å². The molecule has 0 heterocycles. The van der Waals surface area contributed by atoms with Gasteiger partial charge in [-0.05, 0) is 31.6 Å². The SMILES string of the molecule is COC(=O)CCCCC(CO)CCCCC(=O)OC. The number of carbonyl (C=O) groups is 2. The van der Waals surface area contributed by atoms with Crippen LogP contribution in [0.3, 0.4) is 0 Å². The van der Waals surface area contributed by atoms with Crippen LogP contribution in [0.1, 0.15) is 51.4 Å². The third kappa shape index (κ3) is 10.5. The van der Waals surface area contributed by atoms with Gasteiger partial charge in [-0.25, -0.2) is 0 Å². The van der Waals surface area contributed by atoms with E-state index in [-0.39, 0.29) is 24.5 Å². The lowest BCUT2D eigenvalue weighted by Gasteiger charge is -2.13. The number of esters is 2. The maximum Gasteiger partial charge on any atom is 0.305 e. The molecule has 0 aliphatic carbocycles. The number of aliphatic hydroxyl groups excluding tert-OH is 1. The van der Waals surface area contributed by atoms with Gasteiger partial charge in [-0.2, -0.15) is 0 Å². The van der Waals surface area contributed by atoms with Crippen LogP contribution in [0.25, 0.3) is 0 Å². The Hall–Kier alpha value is -1.10. The highest BCUT2D eigenvalue weighted by Crippen LogP contribution is 2.17. The van der Waals surface area contributed by atoms with Gasteiger partial charge in [0.25, 0.3) is 0 Å². The Morgan fingerprint density at radius 2 is 1.32 bits per heavy atom. The largest absolute Gasteiger partial charge is 0.469 e. The number of methoxy groups -OCH3 is 2. The molecule has 0 bridgehead atoms. The van der Waals surface area contributed by atoms with Gasteiger partial charge in [-0.3, -0.25) is 9.59 Å². The van der Waals surface area contributed by atoms with E-state index in [1.165, 1.54) is 14.2 Å². The van der Waals surface area contributed by atoms with Crippen LogP contribution in [0, 0.1) is 5.92 Å². The van der Waals surface area contributed by atoms with Crippen molar-refractivity contribution in [3.8, 4) is 0 Å². The summed E-state index contributed by atoms with van der Waals surface area (Å²) in [5, 5.41) is 9.25. The molecule has 5 heteroatoms. The number of hydrogen-bond acceptors (Lipinski definition) is 5. The fourth-order valence-electron chi connectivity index (χ4n) is 1.94. The minimum Gasteiger partial charge on any atom is -0.469 e. The minimum atomic E-state index is -0.182. The van der Waals surface area contributed by atoms with Gasteiger partial charge < -0.3 is 14.6 Å². The number of aliphatic hydroxyl groups is 1. The molecule has 0 aromatic rings. The summed E-state index contributed by atoms with van der Waals surface area (Å²) in [7, 11) is 2.78. The van der Waals surface area contributed by atoms with Crippen molar-refractivity contribution in [2.75, 3.05) is 20.8 Å². The van der Waals surface area contributed by atoms with Gasteiger partial charge in [0, 0.05) is 19.4 Å². The fourth-order valence-corrected chi connectivity index (χ4v) is 1.94. The summed E-state index contributed by atoms with van der Waals surface area (Å²) in [5.74, 6) is -0.104. The van der Waals surface area contributed by atoms with Gasteiger partial charge in [0.1, 0.15) is 0 Å². The van der Waals surface area contributed by atoms with E-state index in [1.807, 2.05) is 0 Å². The molecule has 0 rings (SSSR count). The first-order valence-electron chi connectivity index (χ1n) is 6.88. The molecule has 0 aliphatic rings. The highest BCUT2D eigenvalue weighted by molar-refractivity contribution is 5.69. The maximum absolute atomic E-state index is 10.9. The van der Waals surface area contributed by atoms with Crippen LogP contribution in [0.15, 0.2) is 0 Å². The maximum atomic E-state index is 10.9. The first-order chi connectivity index (χ1) is 9.13. The lowest BCUT2D eigenvalue weighted by molar-refractivity contribution is -0.141. The fraction of sp³-hybridized carbons (Fsp3) is 0.857. The summed E-state index contributed by atoms with van der Waals surface area (Å²) in [5.41, 5.74) is 0. The molecule has 0 fully saturated rings. The number of hydrogen-bond donors (Lipinski definition) is 1. The predicted molar refractivity (Wildman–Crippen MR) is 71.5 cm³/mol. The smallest absolute Gasteiger partial charge is 0.305 e. The number of carbonyl (C=O) groups excluding carboxylic acids is 2. The minimum absolute atomic E-state index is 0.163. The van der Waals surface area contributed by atoms with Crippen LogP contribution < -0.4 is 0 Å². The van der Waals surface area contributed by atoms with E-state index in [2.05, 4.69) is 9.47 Å². The lowest BCUT2D eigenvalue weighted by atomic mass is 9.96. The van der Waals surface area contributed by atoms with E-state index in [4.69, 9.17) is 0 Å². The molecule has 0 aromatic heterocycles. The zero-order valence-electron chi connectivity index (χ0n) is 12.0. The third-order valence-electron chi connectivity index (χ3n) is 3.20. The summed E-state index contributed by atoms with van der Waals surface area (Å²) in [6, 6.07) is 0. The van der Waals surface area contributed by atoms with Crippen LogP contribution in [0.2, 0.25) is 0 Å². The average Bonchev–Trinajstić information content (AvgIpc) is 2.44. The second-order valence-electron chi connectivity index (χ2n) is 4.69. The van der Waals surface area contributed by atoms with Crippen molar-refractivity contribution < 1.29 is 24.2 Å². The van der Waals surface area contributed by atoms with Crippen LogP contribution in [0.5, 0.6) is 0 Å². The van der Waals surface area contributed by atoms with Gasteiger partial charge in [0.2, 0.25) is 0 Å². The number of ether oxygens (including phenoxy) is 2. The molecule has 0 radical (unpaired) electrons. The quantitative estimate of drug-likeness (QED) is 0.461. The van der Waals surface area contributed by atoms with Crippen molar-refractivity contribution >= 4 is 11.9 Å². The van der Waals surface area contributed by atoms with Gasteiger partial charge in [-0.1, -0.05) is 12.8 Å². The third-order valence-corrected chi connectivity index (χ3v) is 3.20. The molecule has 0 aromatic carbocycles. The normalized spacial score (nSPS) is 10.5. The summed E-state index contributed by atoms with van der Waals surface area (Å²) in [6.45, 7) is 0.163. The number of rotatable bonds is 11. The van der Waals surface area contributed by atoms with Crippen LogP contribution >= 0.6 is 0 Å². The molecule has 19 heavy (non-hydrogen) atoms. The van der Waals surface area contributed by atoms with E-state index in [0.717, 1.165) is 38.5 Å². The molecule has 0 saturated carbocycles. The molecule has 0 spiro atoms. The van der Waals surface area contributed by atoms with Crippen LogP contribution in [-0.4, -0.2) is 37.9 Å². The second kappa shape index (κ2) is 12.0. The van der Waals surface area contributed by atoms with E-state index >= 15 is 0 Å². The van der Waals surface area contributed by atoms with Crippen molar-refractivity contribution in [2.24, 2.45) is 5.92 Å². The first kappa shape index (κ1) is 17.9. The van der Waals surface area contributed by atoms with Crippen molar-refractivity contribution in [3.63, 3.8) is 0 Å². The van der Waals surface area contributed by atoms with Crippen molar-refractivity contribution in [3.05, 3.63) is 0 Å². The second-order valence-corrected chi connectivity index (χ2v) is 4.69. The van der Waals surface area contributed by atoms with Gasteiger partial charge in [-0.15, -0.1) is 0 Å². The van der Waals surface area contributed by atoms with Gasteiger partial charge >= 0.3 is 11.9 Å². The van der Waals surface area contributed by atoms with Gasteiger partial charge in [0.05, 0.1) is 14.2 Å². The Kier molecular flexibility index (Phi) is 11.3. The standard InChI is InChI=1S/C14H26O5/c1-18-13(16)9-5-3-7-12(11-15)8-4-6-10-14(17)19-2/h12,15H,3-11H2,1-2H3. The lowest BCUT2D eigenvalue weighted by Crippen LogP contribution is -2.07. The molecule has 0 atom stereocenters. The molecule has 0 unspecified atom stereocenters. The van der Waals surface area contributed by atoms with Crippen molar-refractivity contribution in [2.45, 2.75) is 51.4 Å². The molecule has 1 N–H and O–H groups in total. The monoisotopic (exact) mass is 274 g/mol. The summed E-state index contributed by atoms with van der Waals surface area (Å²) in [6.07, 6.45) is 6.12. The Bertz CT molecular complexity index is 228. The Balaban J connectivity index is 3.55. The van der Waals surface area contributed by atoms with E-state index in [1.54, 1.807) is 0 Å². The average molecular weight is 274 g/mol. The predicted octanol–water partition coefficient (Wildman–Crippen LogP) is 2.06. The number of unbranched alkanes of at least 4 members (excludes halogenated alkanes) is 2. The Morgan fingerprint density at radius 1 is 0.895 bits per heavy atom. The van der Waals surface area contributed by atoms with Gasteiger partial charge in [0.15, 0.2) is 0 Å². The first-order valence-corrected chi connectivity index (χ1v) is 6.88. The summed E-state index contributed by atoms with van der Waals surface area (Å²) < 4.78 is 9.13.